The van der Waals surface area contributed by atoms with Crippen LogP contribution in [-0.2, 0) is 4.79 Å². The van der Waals surface area contributed by atoms with Gasteiger partial charge in [-0.1, -0.05) is 0 Å². The summed E-state index contributed by atoms with van der Waals surface area (Å²) < 4.78 is 0.547. The zero-order chi connectivity index (χ0) is 11.7. The fraction of sp³-hybridized carbons (Fsp3) is 0.500. The molecule has 2 rings (SSSR count). The van der Waals surface area contributed by atoms with Gasteiger partial charge in [0.15, 0.2) is 0 Å². The normalized spacial score (nSPS) is 17.1. The smallest absolute Gasteiger partial charge is 0.306 e. The Morgan fingerprint density at radius 3 is 2.88 bits per heavy atom. The van der Waals surface area contributed by atoms with Crippen LogP contribution in [0.15, 0.2) is 10.7 Å². The number of hydrogen-bond donors (Lipinski definition) is 2. The van der Waals surface area contributed by atoms with Crippen LogP contribution in [0.1, 0.15) is 42.8 Å². The van der Waals surface area contributed by atoms with Gasteiger partial charge in [0.25, 0.3) is 0 Å². The quantitative estimate of drug-likeness (QED) is 0.879. The van der Waals surface area contributed by atoms with Crippen LogP contribution in [0, 0.1) is 0 Å². The van der Waals surface area contributed by atoms with E-state index in [1.165, 1.54) is 0 Å². The molecule has 1 fully saturated rings. The van der Waals surface area contributed by atoms with Crippen molar-refractivity contribution in [3.05, 3.63) is 22.2 Å². The number of aliphatic carboxylic acids is 1. The lowest BCUT2D eigenvalue weighted by molar-refractivity contribution is -0.139. The number of carboxylic acids is 1. The molecule has 1 atom stereocenters. The van der Waals surface area contributed by atoms with Crippen molar-refractivity contribution in [2.24, 2.45) is 0 Å². The van der Waals surface area contributed by atoms with E-state index in [2.05, 4.69) is 25.9 Å². The standard InChI is InChI=1S/C10H11BrN2O3/c11-6-4-12-10(5-1-2-5)13-9(6)7(14)3-8(15)16/h4-5,7,14H,1-3H2,(H,15,16)/t7-/m0/s1. The van der Waals surface area contributed by atoms with Gasteiger partial charge in [-0.25, -0.2) is 9.97 Å². The Bertz CT molecular complexity index is 421. The van der Waals surface area contributed by atoms with E-state index in [4.69, 9.17) is 5.11 Å². The first-order chi connectivity index (χ1) is 7.58. The number of carbonyl (C=O) groups is 1. The minimum Gasteiger partial charge on any atom is -0.481 e. The molecular formula is C10H11BrN2O3. The van der Waals surface area contributed by atoms with Crippen LogP contribution in [0.5, 0.6) is 0 Å². The molecule has 86 valence electrons. The lowest BCUT2D eigenvalue weighted by Crippen LogP contribution is -2.09. The largest absolute Gasteiger partial charge is 0.481 e. The van der Waals surface area contributed by atoms with Crippen molar-refractivity contribution in [1.82, 2.24) is 9.97 Å². The molecule has 1 heterocycles. The van der Waals surface area contributed by atoms with Gasteiger partial charge in [0, 0.05) is 12.1 Å². The summed E-state index contributed by atoms with van der Waals surface area (Å²) in [6.07, 6.45) is 2.26. The predicted octanol–water partition coefficient (Wildman–Crippen LogP) is 1.62. The van der Waals surface area contributed by atoms with E-state index >= 15 is 0 Å². The van der Waals surface area contributed by atoms with Crippen LogP contribution >= 0.6 is 15.9 Å². The Morgan fingerprint density at radius 2 is 2.31 bits per heavy atom. The molecule has 0 spiro atoms. The van der Waals surface area contributed by atoms with E-state index in [1.54, 1.807) is 6.20 Å². The molecule has 5 nitrogen and oxygen atoms in total. The second-order valence-electron chi connectivity index (χ2n) is 3.85. The molecular weight excluding hydrogens is 276 g/mol. The Labute approximate surface area is 101 Å². The molecule has 0 saturated heterocycles. The molecule has 0 radical (unpaired) electrons. The first kappa shape index (κ1) is 11.5. The Hall–Kier alpha value is -1.01. The van der Waals surface area contributed by atoms with Crippen LogP contribution in [0.3, 0.4) is 0 Å². The number of aliphatic hydroxyl groups is 1. The van der Waals surface area contributed by atoms with E-state index in [1.807, 2.05) is 0 Å². The van der Waals surface area contributed by atoms with Gasteiger partial charge in [-0.3, -0.25) is 4.79 Å². The lowest BCUT2D eigenvalue weighted by atomic mass is 10.2. The van der Waals surface area contributed by atoms with E-state index in [9.17, 15) is 9.90 Å². The summed E-state index contributed by atoms with van der Waals surface area (Å²) in [7, 11) is 0. The van der Waals surface area contributed by atoms with Crippen LogP contribution in [0.4, 0.5) is 0 Å². The highest BCUT2D eigenvalue weighted by atomic mass is 79.9. The van der Waals surface area contributed by atoms with Gasteiger partial charge in [0.2, 0.25) is 0 Å². The maximum atomic E-state index is 10.5. The number of rotatable bonds is 4. The van der Waals surface area contributed by atoms with Gasteiger partial charge in [0.1, 0.15) is 11.9 Å². The summed E-state index contributed by atoms with van der Waals surface area (Å²) in [6.45, 7) is 0. The van der Waals surface area contributed by atoms with Gasteiger partial charge >= 0.3 is 5.97 Å². The van der Waals surface area contributed by atoms with E-state index in [-0.39, 0.29) is 6.42 Å². The Morgan fingerprint density at radius 1 is 1.62 bits per heavy atom. The van der Waals surface area contributed by atoms with Crippen molar-refractivity contribution >= 4 is 21.9 Å². The van der Waals surface area contributed by atoms with Gasteiger partial charge in [-0.15, -0.1) is 0 Å². The maximum absolute atomic E-state index is 10.5. The SMILES string of the molecule is O=C(O)C[C@H](O)c1nc(C2CC2)ncc1Br. The minimum absolute atomic E-state index is 0.348. The van der Waals surface area contributed by atoms with Crippen molar-refractivity contribution in [3.63, 3.8) is 0 Å². The number of aliphatic hydroxyl groups excluding tert-OH is 1. The van der Waals surface area contributed by atoms with E-state index in [0.29, 0.717) is 21.9 Å². The highest BCUT2D eigenvalue weighted by Crippen LogP contribution is 2.38. The summed E-state index contributed by atoms with van der Waals surface area (Å²) in [5, 5.41) is 18.3. The van der Waals surface area contributed by atoms with Crippen LogP contribution in [0.2, 0.25) is 0 Å². The second-order valence-corrected chi connectivity index (χ2v) is 4.70. The van der Waals surface area contributed by atoms with Crippen LogP contribution in [0.25, 0.3) is 0 Å². The van der Waals surface area contributed by atoms with E-state index in [0.717, 1.165) is 12.8 Å². The zero-order valence-electron chi connectivity index (χ0n) is 8.43. The number of halogens is 1. The summed E-state index contributed by atoms with van der Waals surface area (Å²) in [4.78, 5) is 18.9. The topological polar surface area (TPSA) is 83.3 Å². The Balaban J connectivity index is 2.23. The second kappa shape index (κ2) is 4.47. The van der Waals surface area contributed by atoms with Gasteiger partial charge in [-0.2, -0.15) is 0 Å². The molecule has 1 aromatic rings. The van der Waals surface area contributed by atoms with E-state index < -0.39 is 12.1 Å². The molecule has 16 heavy (non-hydrogen) atoms. The van der Waals surface area contributed by atoms with Gasteiger partial charge < -0.3 is 10.2 Å². The van der Waals surface area contributed by atoms with Crippen molar-refractivity contribution in [3.8, 4) is 0 Å². The summed E-state index contributed by atoms with van der Waals surface area (Å²) in [5.74, 6) is 0.0255. The number of hydrogen-bond acceptors (Lipinski definition) is 4. The first-order valence-electron chi connectivity index (χ1n) is 5.00. The fourth-order valence-corrected chi connectivity index (χ4v) is 1.88. The third kappa shape index (κ3) is 2.56. The maximum Gasteiger partial charge on any atom is 0.306 e. The lowest BCUT2D eigenvalue weighted by Gasteiger charge is -2.10. The molecule has 0 unspecified atom stereocenters. The Kier molecular flexibility index (Phi) is 3.20. The average Bonchev–Trinajstić information content (AvgIpc) is 3.00. The molecule has 0 amide bonds. The van der Waals surface area contributed by atoms with Gasteiger partial charge in [-0.05, 0) is 28.8 Å². The minimum atomic E-state index is -1.09. The number of nitrogens with zero attached hydrogens (tertiary/aromatic N) is 2. The molecule has 1 aromatic heterocycles. The summed E-state index contributed by atoms with van der Waals surface area (Å²) >= 11 is 3.21. The van der Waals surface area contributed by atoms with Crippen molar-refractivity contribution in [2.45, 2.75) is 31.3 Å². The first-order valence-corrected chi connectivity index (χ1v) is 5.79. The fourth-order valence-electron chi connectivity index (χ4n) is 1.43. The predicted molar refractivity (Wildman–Crippen MR) is 58.9 cm³/mol. The third-order valence-corrected chi connectivity index (χ3v) is 3.03. The molecule has 0 aliphatic heterocycles. The van der Waals surface area contributed by atoms with Crippen molar-refractivity contribution in [1.29, 1.82) is 0 Å². The number of carboxylic acid groups (broad SMARTS) is 1. The molecule has 6 heteroatoms. The van der Waals surface area contributed by atoms with Gasteiger partial charge in [0.05, 0.1) is 16.6 Å². The molecule has 0 bridgehead atoms. The average molecular weight is 287 g/mol. The van der Waals surface area contributed by atoms with Crippen LogP contribution < -0.4 is 0 Å². The molecule has 0 aromatic carbocycles. The molecule has 2 N–H and O–H groups in total. The highest BCUT2D eigenvalue weighted by Gasteiger charge is 2.28. The third-order valence-electron chi connectivity index (χ3n) is 2.42. The highest BCUT2D eigenvalue weighted by molar-refractivity contribution is 9.10. The molecule has 1 aliphatic carbocycles. The zero-order valence-corrected chi connectivity index (χ0v) is 10.0. The van der Waals surface area contributed by atoms with Crippen molar-refractivity contribution < 1.29 is 15.0 Å². The monoisotopic (exact) mass is 286 g/mol. The molecule has 1 saturated carbocycles. The van der Waals surface area contributed by atoms with Crippen LogP contribution in [-0.4, -0.2) is 26.2 Å². The molecule has 1 aliphatic rings. The van der Waals surface area contributed by atoms with Crippen molar-refractivity contribution in [2.75, 3.05) is 0 Å². The summed E-state index contributed by atoms with van der Waals surface area (Å²) in [6, 6.07) is 0. The number of aromatic nitrogens is 2. The summed E-state index contributed by atoms with van der Waals surface area (Å²) in [5.41, 5.74) is 0.360.